The molecule has 3 N–H and O–H groups in total. The van der Waals surface area contributed by atoms with Crippen molar-refractivity contribution in [3.8, 4) is 6.01 Å². The lowest BCUT2D eigenvalue weighted by atomic mass is 10.1. The number of nitrogen functional groups attached to an aromatic ring is 1. The lowest BCUT2D eigenvalue weighted by molar-refractivity contribution is 0.200. The molecule has 0 bridgehead atoms. The Bertz CT molecular complexity index is 561. The second-order valence-electron chi connectivity index (χ2n) is 7.13. The van der Waals surface area contributed by atoms with E-state index >= 15 is 0 Å². The van der Waals surface area contributed by atoms with Gasteiger partial charge in [-0.25, -0.2) is 0 Å². The van der Waals surface area contributed by atoms with Crippen LogP contribution in [0.5, 0.6) is 6.01 Å². The van der Waals surface area contributed by atoms with E-state index in [0.29, 0.717) is 11.8 Å². The van der Waals surface area contributed by atoms with Gasteiger partial charge in [0.2, 0.25) is 0 Å². The van der Waals surface area contributed by atoms with Crippen LogP contribution in [-0.2, 0) is 0 Å². The van der Waals surface area contributed by atoms with Crippen molar-refractivity contribution in [3.05, 3.63) is 0 Å². The first-order valence-electron chi connectivity index (χ1n) is 9.72. The SMILES string of the molecule is CC[C@H](C)Oc1nc(N)c2c(n1)N(CCCCN1CCCCC1)CN2. The van der Waals surface area contributed by atoms with E-state index in [1.165, 1.54) is 45.3 Å². The summed E-state index contributed by atoms with van der Waals surface area (Å²) in [5.41, 5.74) is 6.92. The molecule has 3 heterocycles. The number of ether oxygens (including phenoxy) is 1. The zero-order valence-corrected chi connectivity index (χ0v) is 15.6. The summed E-state index contributed by atoms with van der Waals surface area (Å²) in [6, 6.07) is 0.382. The molecular weight excluding hydrogens is 316 g/mol. The molecule has 7 nitrogen and oxygen atoms in total. The molecule has 25 heavy (non-hydrogen) atoms. The highest BCUT2D eigenvalue weighted by molar-refractivity contribution is 5.80. The van der Waals surface area contributed by atoms with Gasteiger partial charge in [-0.15, -0.1) is 0 Å². The number of unbranched alkanes of at least 4 members (excludes halogenated alkanes) is 1. The number of aromatic nitrogens is 2. The molecule has 0 unspecified atom stereocenters. The number of nitrogens with one attached hydrogen (secondary N) is 1. The second kappa shape index (κ2) is 8.56. The maximum Gasteiger partial charge on any atom is 0.320 e. The Morgan fingerprint density at radius 1 is 1.16 bits per heavy atom. The Hall–Kier alpha value is -1.76. The Balaban J connectivity index is 1.53. The summed E-state index contributed by atoms with van der Waals surface area (Å²) in [7, 11) is 0. The van der Waals surface area contributed by atoms with Gasteiger partial charge in [0.25, 0.3) is 0 Å². The topological polar surface area (TPSA) is 79.5 Å². The van der Waals surface area contributed by atoms with Crippen LogP contribution in [0.1, 0.15) is 52.4 Å². The third-order valence-corrected chi connectivity index (χ3v) is 5.13. The molecule has 0 amide bonds. The average molecular weight is 348 g/mol. The van der Waals surface area contributed by atoms with Gasteiger partial charge < -0.3 is 25.6 Å². The molecule has 1 saturated heterocycles. The molecule has 0 aliphatic carbocycles. The highest BCUT2D eigenvalue weighted by atomic mass is 16.5. The third kappa shape index (κ3) is 4.66. The van der Waals surface area contributed by atoms with Crippen LogP contribution < -0.4 is 20.7 Å². The van der Waals surface area contributed by atoms with Gasteiger partial charge in [-0.05, 0) is 58.7 Å². The first-order chi connectivity index (χ1) is 12.2. The number of hydrogen-bond donors (Lipinski definition) is 2. The van der Waals surface area contributed by atoms with E-state index in [1.807, 2.05) is 6.92 Å². The van der Waals surface area contributed by atoms with E-state index in [1.54, 1.807) is 0 Å². The normalized spacial score (nSPS) is 18.7. The van der Waals surface area contributed by atoms with E-state index in [4.69, 9.17) is 10.5 Å². The zero-order chi connectivity index (χ0) is 17.6. The number of nitrogens with zero attached hydrogens (tertiary/aromatic N) is 4. The Kier molecular flexibility index (Phi) is 6.18. The molecule has 0 aromatic carbocycles. The summed E-state index contributed by atoms with van der Waals surface area (Å²) in [6.45, 7) is 9.57. The summed E-state index contributed by atoms with van der Waals surface area (Å²) in [5.74, 6) is 1.35. The summed E-state index contributed by atoms with van der Waals surface area (Å²) in [4.78, 5) is 13.7. The van der Waals surface area contributed by atoms with Gasteiger partial charge >= 0.3 is 6.01 Å². The van der Waals surface area contributed by atoms with Crippen molar-refractivity contribution in [2.75, 3.05) is 48.8 Å². The van der Waals surface area contributed by atoms with Gasteiger partial charge in [-0.2, -0.15) is 9.97 Å². The van der Waals surface area contributed by atoms with Gasteiger partial charge in [-0.1, -0.05) is 13.3 Å². The Labute approximate surface area is 150 Å². The summed E-state index contributed by atoms with van der Waals surface area (Å²) >= 11 is 0. The molecule has 0 spiro atoms. The smallest absolute Gasteiger partial charge is 0.320 e. The second-order valence-corrected chi connectivity index (χ2v) is 7.13. The van der Waals surface area contributed by atoms with Crippen LogP contribution in [0.25, 0.3) is 0 Å². The van der Waals surface area contributed by atoms with Crippen molar-refractivity contribution in [1.82, 2.24) is 14.9 Å². The van der Waals surface area contributed by atoms with Crippen molar-refractivity contribution in [2.24, 2.45) is 0 Å². The molecule has 1 atom stereocenters. The molecule has 3 rings (SSSR count). The lowest BCUT2D eigenvalue weighted by Crippen LogP contribution is -2.31. The Morgan fingerprint density at radius 2 is 1.92 bits per heavy atom. The van der Waals surface area contributed by atoms with E-state index in [0.717, 1.165) is 37.6 Å². The molecule has 1 aromatic rings. The fourth-order valence-corrected chi connectivity index (χ4v) is 3.41. The number of likely N-dealkylation sites (tertiary alicyclic amines) is 1. The number of fused-ring (bicyclic) bond motifs is 1. The fraction of sp³-hybridized carbons (Fsp3) is 0.778. The van der Waals surface area contributed by atoms with Crippen LogP contribution in [0, 0.1) is 0 Å². The third-order valence-electron chi connectivity index (χ3n) is 5.13. The molecule has 1 fully saturated rings. The monoisotopic (exact) mass is 348 g/mol. The first kappa shape index (κ1) is 18.0. The number of nitrogens with two attached hydrogens (primary N) is 1. The van der Waals surface area contributed by atoms with Crippen molar-refractivity contribution >= 4 is 17.3 Å². The maximum atomic E-state index is 6.08. The van der Waals surface area contributed by atoms with Crippen molar-refractivity contribution in [2.45, 2.75) is 58.5 Å². The lowest BCUT2D eigenvalue weighted by Gasteiger charge is -2.26. The number of anilines is 3. The van der Waals surface area contributed by atoms with E-state index in [2.05, 4.69) is 32.0 Å². The molecular formula is C18H32N6O. The van der Waals surface area contributed by atoms with Crippen molar-refractivity contribution in [1.29, 1.82) is 0 Å². The molecule has 1 aromatic heterocycles. The first-order valence-corrected chi connectivity index (χ1v) is 9.72. The zero-order valence-electron chi connectivity index (χ0n) is 15.6. The average Bonchev–Trinajstić information content (AvgIpc) is 3.03. The number of rotatable bonds is 8. The minimum absolute atomic E-state index is 0.0878. The predicted octanol–water partition coefficient (Wildman–Crippen LogP) is 2.69. The van der Waals surface area contributed by atoms with Crippen LogP contribution >= 0.6 is 0 Å². The Morgan fingerprint density at radius 3 is 2.68 bits per heavy atom. The van der Waals surface area contributed by atoms with Crippen molar-refractivity contribution in [3.63, 3.8) is 0 Å². The molecule has 0 radical (unpaired) electrons. The maximum absolute atomic E-state index is 6.08. The van der Waals surface area contributed by atoms with Gasteiger partial charge in [0.05, 0.1) is 12.8 Å². The van der Waals surface area contributed by atoms with Gasteiger partial charge in [-0.3, -0.25) is 0 Å². The van der Waals surface area contributed by atoms with Crippen molar-refractivity contribution < 1.29 is 4.74 Å². The van der Waals surface area contributed by atoms with E-state index in [-0.39, 0.29) is 6.10 Å². The molecule has 7 heteroatoms. The quantitative estimate of drug-likeness (QED) is 0.699. The van der Waals surface area contributed by atoms with Gasteiger partial charge in [0.15, 0.2) is 11.6 Å². The van der Waals surface area contributed by atoms with Crippen LogP contribution in [0.15, 0.2) is 0 Å². The van der Waals surface area contributed by atoms with E-state index < -0.39 is 0 Å². The standard InChI is InChI=1S/C18H32N6O/c1-3-14(2)25-18-21-16(19)15-17(22-18)24(13-20-15)12-8-7-11-23-9-5-4-6-10-23/h14,20H,3-13H2,1-2H3,(H2,19,21,22)/t14-/m0/s1. The molecule has 140 valence electrons. The van der Waals surface area contributed by atoms with Crippen LogP contribution in [0.3, 0.4) is 0 Å². The summed E-state index contributed by atoms with van der Waals surface area (Å²) < 4.78 is 5.76. The predicted molar refractivity (Wildman–Crippen MR) is 102 cm³/mol. The number of hydrogen-bond acceptors (Lipinski definition) is 7. The minimum atomic E-state index is 0.0878. The molecule has 2 aliphatic heterocycles. The minimum Gasteiger partial charge on any atom is -0.460 e. The largest absolute Gasteiger partial charge is 0.460 e. The number of piperidine rings is 1. The van der Waals surface area contributed by atoms with Crippen LogP contribution in [0.4, 0.5) is 17.3 Å². The van der Waals surface area contributed by atoms with Gasteiger partial charge in [0.1, 0.15) is 5.69 Å². The summed E-state index contributed by atoms with van der Waals surface area (Å²) in [6.07, 6.45) is 7.50. The van der Waals surface area contributed by atoms with Crippen LogP contribution in [0.2, 0.25) is 0 Å². The molecule has 2 aliphatic rings. The highest BCUT2D eigenvalue weighted by Gasteiger charge is 2.25. The molecule has 0 saturated carbocycles. The van der Waals surface area contributed by atoms with Gasteiger partial charge in [0, 0.05) is 6.54 Å². The summed E-state index contributed by atoms with van der Waals surface area (Å²) in [5, 5.41) is 3.31. The fourth-order valence-electron chi connectivity index (χ4n) is 3.41. The van der Waals surface area contributed by atoms with E-state index in [9.17, 15) is 0 Å². The van der Waals surface area contributed by atoms with Crippen LogP contribution in [-0.4, -0.2) is 53.8 Å². The highest BCUT2D eigenvalue weighted by Crippen LogP contribution is 2.35.